The normalized spacial score (nSPS) is 13.6. The largest absolute Gasteiger partial charge is 0.409 e. The molecule has 0 fully saturated rings. The van der Waals surface area contributed by atoms with E-state index in [0.29, 0.717) is 5.84 Å². The topological polar surface area (TPSA) is 61.8 Å². The summed E-state index contributed by atoms with van der Waals surface area (Å²) in [7, 11) is 2.09. The van der Waals surface area contributed by atoms with Crippen molar-refractivity contribution in [2.75, 3.05) is 20.1 Å². The van der Waals surface area contributed by atoms with Gasteiger partial charge in [-0.15, -0.1) is 0 Å². The van der Waals surface area contributed by atoms with E-state index >= 15 is 0 Å². The molecule has 0 unspecified atom stereocenters. The van der Waals surface area contributed by atoms with E-state index in [0.717, 1.165) is 25.9 Å². The van der Waals surface area contributed by atoms with Gasteiger partial charge in [-0.2, -0.15) is 0 Å². The summed E-state index contributed by atoms with van der Waals surface area (Å²) in [6, 6.07) is 0. The maximum Gasteiger partial charge on any atom is 0.144 e. The SMILES string of the molecule is CCCN(C)CCC(C)(C)C(N)=NO. The first-order valence-corrected chi connectivity index (χ1v) is 5.10. The van der Waals surface area contributed by atoms with Crippen molar-refractivity contribution in [2.45, 2.75) is 33.6 Å². The summed E-state index contributed by atoms with van der Waals surface area (Å²) in [6.07, 6.45) is 2.06. The summed E-state index contributed by atoms with van der Waals surface area (Å²) in [5, 5.41) is 11.6. The van der Waals surface area contributed by atoms with E-state index in [1.807, 2.05) is 13.8 Å². The predicted molar refractivity (Wildman–Crippen MR) is 59.6 cm³/mol. The Morgan fingerprint density at radius 1 is 1.43 bits per heavy atom. The fourth-order valence-electron chi connectivity index (χ4n) is 1.23. The molecule has 0 bridgehead atoms. The molecule has 0 aromatic heterocycles. The van der Waals surface area contributed by atoms with Crippen LogP contribution in [0.2, 0.25) is 0 Å². The molecule has 0 amide bonds. The van der Waals surface area contributed by atoms with Crippen LogP contribution in [0, 0.1) is 5.41 Å². The van der Waals surface area contributed by atoms with Crippen LogP contribution in [-0.2, 0) is 0 Å². The van der Waals surface area contributed by atoms with Crippen LogP contribution in [0.5, 0.6) is 0 Å². The number of oxime groups is 1. The monoisotopic (exact) mass is 201 g/mol. The van der Waals surface area contributed by atoms with Gasteiger partial charge in [-0.1, -0.05) is 25.9 Å². The van der Waals surface area contributed by atoms with Crippen LogP contribution in [0.25, 0.3) is 0 Å². The van der Waals surface area contributed by atoms with Crippen molar-refractivity contribution in [1.29, 1.82) is 0 Å². The van der Waals surface area contributed by atoms with E-state index in [4.69, 9.17) is 10.9 Å². The Labute approximate surface area is 86.8 Å². The van der Waals surface area contributed by atoms with Gasteiger partial charge >= 0.3 is 0 Å². The van der Waals surface area contributed by atoms with Gasteiger partial charge in [0.15, 0.2) is 0 Å². The summed E-state index contributed by atoms with van der Waals surface area (Å²) in [5.41, 5.74) is 5.37. The minimum Gasteiger partial charge on any atom is -0.409 e. The first-order valence-electron chi connectivity index (χ1n) is 5.10. The summed E-state index contributed by atoms with van der Waals surface area (Å²) in [6.45, 7) is 8.19. The van der Waals surface area contributed by atoms with Crippen LogP contribution in [0.15, 0.2) is 5.16 Å². The van der Waals surface area contributed by atoms with Crippen molar-refractivity contribution in [2.24, 2.45) is 16.3 Å². The van der Waals surface area contributed by atoms with Crippen LogP contribution in [0.3, 0.4) is 0 Å². The van der Waals surface area contributed by atoms with Crippen LogP contribution in [0.1, 0.15) is 33.6 Å². The number of nitrogens with zero attached hydrogens (tertiary/aromatic N) is 2. The maximum atomic E-state index is 8.59. The number of nitrogens with two attached hydrogens (primary N) is 1. The van der Waals surface area contributed by atoms with Crippen molar-refractivity contribution in [3.05, 3.63) is 0 Å². The van der Waals surface area contributed by atoms with E-state index < -0.39 is 0 Å². The molecule has 0 aliphatic rings. The highest BCUT2D eigenvalue weighted by molar-refractivity contribution is 5.85. The molecule has 0 heterocycles. The second-order valence-corrected chi connectivity index (χ2v) is 4.42. The molecule has 0 radical (unpaired) electrons. The first-order chi connectivity index (χ1) is 6.44. The molecule has 84 valence electrons. The van der Waals surface area contributed by atoms with Crippen LogP contribution < -0.4 is 5.73 Å². The van der Waals surface area contributed by atoms with Crippen molar-refractivity contribution in [1.82, 2.24) is 4.90 Å². The fourth-order valence-corrected chi connectivity index (χ4v) is 1.23. The van der Waals surface area contributed by atoms with Gasteiger partial charge in [0, 0.05) is 5.41 Å². The summed E-state index contributed by atoms with van der Waals surface area (Å²) in [4.78, 5) is 2.26. The predicted octanol–water partition coefficient (Wildman–Crippen LogP) is 1.49. The molecule has 3 N–H and O–H groups in total. The zero-order valence-corrected chi connectivity index (χ0v) is 9.75. The molecule has 0 saturated carbocycles. The minimum absolute atomic E-state index is 0.225. The lowest BCUT2D eigenvalue weighted by atomic mass is 9.88. The summed E-state index contributed by atoms with van der Waals surface area (Å²) >= 11 is 0. The maximum absolute atomic E-state index is 8.59. The van der Waals surface area contributed by atoms with E-state index in [1.54, 1.807) is 0 Å². The van der Waals surface area contributed by atoms with Gasteiger partial charge in [0.05, 0.1) is 0 Å². The van der Waals surface area contributed by atoms with Gasteiger partial charge in [0.25, 0.3) is 0 Å². The molecule has 0 aromatic carbocycles. The molecule has 0 spiro atoms. The average Bonchev–Trinajstić information content (AvgIpc) is 2.14. The van der Waals surface area contributed by atoms with Crippen LogP contribution in [0.4, 0.5) is 0 Å². The molecule has 0 aliphatic heterocycles. The Morgan fingerprint density at radius 2 is 2.00 bits per heavy atom. The van der Waals surface area contributed by atoms with Crippen LogP contribution >= 0.6 is 0 Å². The number of rotatable bonds is 6. The van der Waals surface area contributed by atoms with Gasteiger partial charge in [-0.25, -0.2) is 0 Å². The number of hydrogen-bond donors (Lipinski definition) is 2. The lowest BCUT2D eigenvalue weighted by molar-refractivity contribution is 0.277. The summed E-state index contributed by atoms with van der Waals surface area (Å²) < 4.78 is 0. The third kappa shape index (κ3) is 4.46. The minimum atomic E-state index is -0.225. The Balaban J connectivity index is 3.99. The molecular formula is C10H23N3O. The van der Waals surface area contributed by atoms with Crippen molar-refractivity contribution < 1.29 is 5.21 Å². The molecule has 0 aromatic rings. The van der Waals surface area contributed by atoms with Gasteiger partial charge < -0.3 is 15.8 Å². The smallest absolute Gasteiger partial charge is 0.144 e. The molecular weight excluding hydrogens is 178 g/mol. The highest BCUT2D eigenvalue weighted by Gasteiger charge is 2.23. The third-order valence-electron chi connectivity index (χ3n) is 2.52. The second kappa shape index (κ2) is 5.86. The van der Waals surface area contributed by atoms with Gasteiger partial charge in [-0.3, -0.25) is 0 Å². The first kappa shape index (κ1) is 13.2. The number of amidine groups is 1. The highest BCUT2D eigenvalue weighted by Crippen LogP contribution is 2.20. The zero-order valence-electron chi connectivity index (χ0n) is 9.75. The van der Waals surface area contributed by atoms with Crippen LogP contribution in [-0.4, -0.2) is 36.1 Å². The molecule has 0 atom stereocenters. The quantitative estimate of drug-likeness (QED) is 0.296. The Morgan fingerprint density at radius 3 is 2.43 bits per heavy atom. The van der Waals surface area contributed by atoms with Gasteiger partial charge in [0.1, 0.15) is 5.84 Å². The van der Waals surface area contributed by atoms with Gasteiger partial charge in [-0.05, 0) is 33.0 Å². The fraction of sp³-hybridized carbons (Fsp3) is 0.900. The zero-order chi connectivity index (χ0) is 11.2. The average molecular weight is 201 g/mol. The Bertz CT molecular complexity index is 190. The van der Waals surface area contributed by atoms with Crippen molar-refractivity contribution in [3.8, 4) is 0 Å². The third-order valence-corrected chi connectivity index (χ3v) is 2.52. The lowest BCUT2D eigenvalue weighted by Crippen LogP contribution is -2.35. The molecule has 4 heteroatoms. The van der Waals surface area contributed by atoms with Crippen molar-refractivity contribution in [3.63, 3.8) is 0 Å². The van der Waals surface area contributed by atoms with E-state index in [1.165, 1.54) is 0 Å². The Hall–Kier alpha value is -0.770. The lowest BCUT2D eigenvalue weighted by Gasteiger charge is -2.25. The summed E-state index contributed by atoms with van der Waals surface area (Å²) in [5.74, 6) is 0.308. The standard InChI is InChI=1S/C10H23N3O/c1-5-7-13(4)8-6-10(2,3)9(11)12-14/h14H,5-8H2,1-4H3,(H2,11,12). The van der Waals surface area contributed by atoms with E-state index in [2.05, 4.69) is 24.0 Å². The van der Waals surface area contributed by atoms with E-state index in [9.17, 15) is 0 Å². The highest BCUT2D eigenvalue weighted by atomic mass is 16.4. The van der Waals surface area contributed by atoms with E-state index in [-0.39, 0.29) is 5.41 Å². The Kier molecular flexibility index (Phi) is 5.53. The molecule has 4 nitrogen and oxygen atoms in total. The van der Waals surface area contributed by atoms with Crippen molar-refractivity contribution >= 4 is 5.84 Å². The number of hydrogen-bond acceptors (Lipinski definition) is 3. The second-order valence-electron chi connectivity index (χ2n) is 4.42. The molecule has 0 aliphatic carbocycles. The molecule has 0 rings (SSSR count). The molecule has 14 heavy (non-hydrogen) atoms. The molecule has 0 saturated heterocycles. The van der Waals surface area contributed by atoms with Gasteiger partial charge in [0.2, 0.25) is 0 Å².